The lowest BCUT2D eigenvalue weighted by molar-refractivity contribution is -0.159. The number of hydrazone groups is 1. The summed E-state index contributed by atoms with van der Waals surface area (Å²) in [5.74, 6) is -0.0332. The molecule has 172 valence electrons. The zero-order chi connectivity index (χ0) is 23.1. The molecule has 2 aromatic rings. The second kappa shape index (κ2) is 11.5. The van der Waals surface area contributed by atoms with Crippen LogP contribution in [0.25, 0.3) is 0 Å². The summed E-state index contributed by atoms with van der Waals surface area (Å²) in [7, 11) is 0. The van der Waals surface area contributed by atoms with Crippen molar-refractivity contribution in [2.24, 2.45) is 5.10 Å². The maximum atomic E-state index is 12.1. The van der Waals surface area contributed by atoms with Crippen molar-refractivity contribution >= 4 is 57.9 Å². The van der Waals surface area contributed by atoms with Crippen LogP contribution >= 0.6 is 45.8 Å². The van der Waals surface area contributed by atoms with Crippen LogP contribution in [0.3, 0.4) is 0 Å². The lowest BCUT2D eigenvalue weighted by Gasteiger charge is -2.20. The van der Waals surface area contributed by atoms with Crippen LogP contribution in [-0.2, 0) is 20.9 Å². The molecule has 3 rings (SSSR count). The fourth-order valence-electron chi connectivity index (χ4n) is 3.02. The average molecular weight is 593 g/mol. The summed E-state index contributed by atoms with van der Waals surface area (Å²) in [6.07, 6.45) is 1.60. The monoisotopic (exact) mass is 592 g/mol. The molecule has 0 atom stereocenters. The number of ether oxygens (including phenoxy) is 4. The summed E-state index contributed by atoms with van der Waals surface area (Å²) < 4.78 is 23.5. The number of nitrogens with one attached hydrogen (secondary N) is 1. The van der Waals surface area contributed by atoms with Gasteiger partial charge in [0.1, 0.15) is 6.61 Å². The zero-order valence-corrected chi connectivity index (χ0v) is 21.3. The number of benzene rings is 2. The first kappa shape index (κ1) is 25.0. The molecule has 0 saturated carbocycles. The normalized spacial score (nSPS) is 15.2. The van der Waals surface area contributed by atoms with Gasteiger partial charge in [-0.05, 0) is 66.3 Å². The average Bonchev–Trinajstić information content (AvgIpc) is 3.14. The minimum absolute atomic E-state index is 0.0616. The van der Waals surface area contributed by atoms with E-state index in [1.165, 1.54) is 0 Å². The van der Waals surface area contributed by atoms with Gasteiger partial charge in [0.15, 0.2) is 17.3 Å². The van der Waals surface area contributed by atoms with Gasteiger partial charge in [-0.2, -0.15) is 5.10 Å². The number of amides is 1. The van der Waals surface area contributed by atoms with Crippen LogP contribution in [0.15, 0.2) is 35.4 Å². The van der Waals surface area contributed by atoms with E-state index in [0.29, 0.717) is 41.4 Å². The molecule has 1 fully saturated rings. The maximum absolute atomic E-state index is 12.1. The highest BCUT2D eigenvalue weighted by Gasteiger charge is 2.33. The largest absolute Gasteiger partial charge is 0.490 e. The molecule has 1 N–H and O–H groups in total. The highest BCUT2D eigenvalue weighted by atomic mass is 127. The van der Waals surface area contributed by atoms with Crippen LogP contribution in [0.5, 0.6) is 11.5 Å². The molecular formula is C22H23Cl2IN2O5. The molecule has 10 heteroatoms. The number of rotatable bonds is 9. The molecular weight excluding hydrogens is 570 g/mol. The Morgan fingerprint density at radius 1 is 1.25 bits per heavy atom. The Balaban J connectivity index is 1.67. The number of hydrogen-bond acceptors (Lipinski definition) is 6. The molecule has 0 aromatic heterocycles. The van der Waals surface area contributed by atoms with E-state index in [1.54, 1.807) is 31.3 Å². The van der Waals surface area contributed by atoms with Crippen molar-refractivity contribution in [3.8, 4) is 11.5 Å². The van der Waals surface area contributed by atoms with Crippen LogP contribution in [0.1, 0.15) is 31.4 Å². The van der Waals surface area contributed by atoms with E-state index in [9.17, 15) is 4.79 Å². The first-order valence-corrected chi connectivity index (χ1v) is 11.8. The smallest absolute Gasteiger partial charge is 0.245 e. The van der Waals surface area contributed by atoms with Gasteiger partial charge in [-0.3, -0.25) is 4.79 Å². The molecule has 32 heavy (non-hydrogen) atoms. The Labute approximate surface area is 210 Å². The number of carbonyl (C=O) groups excluding carboxylic acids is 1. The maximum Gasteiger partial charge on any atom is 0.245 e. The number of nitrogens with zero attached hydrogens (tertiary/aromatic N) is 1. The third-order valence-corrected chi connectivity index (χ3v) is 5.89. The van der Waals surface area contributed by atoms with E-state index in [2.05, 4.69) is 33.1 Å². The zero-order valence-electron chi connectivity index (χ0n) is 17.6. The predicted molar refractivity (Wildman–Crippen MR) is 132 cm³/mol. The summed E-state index contributed by atoms with van der Waals surface area (Å²) in [6, 6.07) is 8.94. The minimum Gasteiger partial charge on any atom is -0.490 e. The van der Waals surface area contributed by atoms with Crippen LogP contribution in [0.4, 0.5) is 0 Å². The van der Waals surface area contributed by atoms with Crippen LogP contribution in [-0.4, -0.2) is 37.7 Å². The molecule has 0 bridgehead atoms. The number of hydrogen-bond donors (Lipinski definition) is 1. The molecule has 0 radical (unpaired) electrons. The van der Waals surface area contributed by atoms with Crippen molar-refractivity contribution in [2.45, 2.75) is 32.7 Å². The Hall–Kier alpha value is -1.59. The lowest BCUT2D eigenvalue weighted by Crippen LogP contribution is -2.33. The van der Waals surface area contributed by atoms with Crippen molar-refractivity contribution in [2.75, 3.05) is 19.8 Å². The van der Waals surface area contributed by atoms with Crippen LogP contribution in [0.2, 0.25) is 10.0 Å². The summed E-state index contributed by atoms with van der Waals surface area (Å²) >= 11 is 14.4. The van der Waals surface area contributed by atoms with Gasteiger partial charge in [-0.1, -0.05) is 29.3 Å². The van der Waals surface area contributed by atoms with Crippen LogP contribution < -0.4 is 14.9 Å². The van der Waals surface area contributed by atoms with Crippen molar-refractivity contribution in [1.29, 1.82) is 0 Å². The van der Waals surface area contributed by atoms with E-state index >= 15 is 0 Å². The second-order valence-corrected chi connectivity index (χ2v) is 9.09. The van der Waals surface area contributed by atoms with Gasteiger partial charge in [0.05, 0.1) is 36.0 Å². The molecule has 7 nitrogen and oxygen atoms in total. The molecule has 1 amide bonds. The Morgan fingerprint density at radius 2 is 2.00 bits per heavy atom. The summed E-state index contributed by atoms with van der Waals surface area (Å²) in [5, 5.41) is 5.14. The van der Waals surface area contributed by atoms with E-state index in [4.69, 9.17) is 42.1 Å². The third-order valence-electron chi connectivity index (χ3n) is 4.50. The van der Waals surface area contributed by atoms with E-state index in [1.807, 2.05) is 19.1 Å². The van der Waals surface area contributed by atoms with Gasteiger partial charge >= 0.3 is 0 Å². The van der Waals surface area contributed by atoms with Crippen LogP contribution in [0, 0.1) is 3.57 Å². The third kappa shape index (κ3) is 6.95. The lowest BCUT2D eigenvalue weighted by atomic mass is 10.2. The SMILES string of the molecule is CCOc1cc(/C=N\NC(=O)CC2(C)OCCO2)cc(I)c1OCc1ccc(Cl)cc1Cl. The standard InChI is InChI=1S/C22H23Cl2IN2O5/c1-3-29-19-9-14(12-26-27-20(28)11-22(2)31-6-7-32-22)8-18(25)21(19)30-13-15-4-5-16(23)10-17(15)24/h4-5,8-10,12H,3,6-7,11,13H2,1-2H3,(H,27,28)/b26-12-. The van der Waals surface area contributed by atoms with Gasteiger partial charge < -0.3 is 18.9 Å². The Morgan fingerprint density at radius 3 is 2.69 bits per heavy atom. The van der Waals surface area contributed by atoms with Gasteiger partial charge in [-0.15, -0.1) is 0 Å². The quantitative estimate of drug-likeness (QED) is 0.247. The fourth-order valence-corrected chi connectivity index (χ4v) is 4.27. The van der Waals surface area contributed by atoms with E-state index < -0.39 is 5.79 Å². The molecule has 1 heterocycles. The molecule has 2 aromatic carbocycles. The second-order valence-electron chi connectivity index (χ2n) is 7.09. The molecule has 1 aliphatic heterocycles. The van der Waals surface area contributed by atoms with Gasteiger partial charge in [0.2, 0.25) is 5.91 Å². The Bertz CT molecular complexity index is 997. The molecule has 1 saturated heterocycles. The first-order valence-electron chi connectivity index (χ1n) is 9.92. The predicted octanol–water partition coefficient (Wildman–Crippen LogP) is 5.18. The van der Waals surface area contributed by atoms with E-state index in [0.717, 1.165) is 14.7 Å². The van der Waals surface area contributed by atoms with Gasteiger partial charge in [0, 0.05) is 15.6 Å². The molecule has 0 spiro atoms. The molecule has 0 unspecified atom stereocenters. The minimum atomic E-state index is -0.900. The van der Waals surface area contributed by atoms with Crippen molar-refractivity contribution in [3.05, 3.63) is 55.1 Å². The van der Waals surface area contributed by atoms with Crippen molar-refractivity contribution in [1.82, 2.24) is 5.43 Å². The summed E-state index contributed by atoms with van der Waals surface area (Å²) in [6.45, 7) is 5.30. The summed E-state index contributed by atoms with van der Waals surface area (Å²) in [5.41, 5.74) is 4.05. The van der Waals surface area contributed by atoms with Crippen molar-refractivity contribution < 1.29 is 23.7 Å². The highest BCUT2D eigenvalue weighted by Crippen LogP contribution is 2.35. The van der Waals surface area contributed by atoms with E-state index in [-0.39, 0.29) is 18.9 Å². The van der Waals surface area contributed by atoms with Crippen molar-refractivity contribution in [3.63, 3.8) is 0 Å². The first-order chi connectivity index (χ1) is 15.3. The molecule has 1 aliphatic rings. The molecule has 0 aliphatic carbocycles. The summed E-state index contributed by atoms with van der Waals surface area (Å²) in [4.78, 5) is 12.1. The van der Waals surface area contributed by atoms with Gasteiger partial charge in [-0.25, -0.2) is 5.43 Å². The topological polar surface area (TPSA) is 78.4 Å². The Kier molecular flexibility index (Phi) is 9.01. The number of halogens is 3. The highest BCUT2D eigenvalue weighted by molar-refractivity contribution is 14.1. The fraction of sp³-hybridized carbons (Fsp3) is 0.364. The van der Waals surface area contributed by atoms with Gasteiger partial charge in [0.25, 0.3) is 0 Å². The number of carbonyl (C=O) groups is 1.